The summed E-state index contributed by atoms with van der Waals surface area (Å²) >= 11 is 3.36. The lowest BCUT2D eigenvalue weighted by Gasteiger charge is -1.92. The Balaban J connectivity index is 2.89. The highest BCUT2D eigenvalue weighted by Gasteiger charge is 2.09. The van der Waals surface area contributed by atoms with Gasteiger partial charge < -0.3 is 0 Å². The SMILES string of the molecule is Fc1ccc2cc(I)sc2c1F. The molecule has 2 aromatic rings. The Hall–Kier alpha value is -0.230. The zero-order valence-corrected chi connectivity index (χ0v) is 8.75. The molecule has 4 heteroatoms. The van der Waals surface area contributed by atoms with Crippen LogP contribution in [-0.4, -0.2) is 0 Å². The molecule has 0 amide bonds. The maximum Gasteiger partial charge on any atom is 0.176 e. The Bertz CT molecular complexity index is 436. The molecule has 0 saturated heterocycles. The summed E-state index contributed by atoms with van der Waals surface area (Å²) in [6.45, 7) is 0. The molecule has 0 saturated carbocycles. The summed E-state index contributed by atoms with van der Waals surface area (Å²) in [5.41, 5.74) is 0. The molecule has 0 atom stereocenters. The van der Waals surface area contributed by atoms with Crippen molar-refractivity contribution >= 4 is 44.0 Å². The molecule has 12 heavy (non-hydrogen) atoms. The Labute approximate surface area is 85.3 Å². The smallest absolute Gasteiger partial charge is 0.176 e. The Morgan fingerprint density at radius 2 is 2.00 bits per heavy atom. The molecular formula is C8H3F2IS. The van der Waals surface area contributed by atoms with Crippen LogP contribution in [-0.2, 0) is 0 Å². The molecule has 0 nitrogen and oxygen atoms in total. The summed E-state index contributed by atoms with van der Waals surface area (Å²) in [7, 11) is 0. The number of fused-ring (bicyclic) bond motifs is 1. The first-order valence-electron chi connectivity index (χ1n) is 3.21. The fourth-order valence-corrected chi connectivity index (χ4v) is 2.82. The van der Waals surface area contributed by atoms with Gasteiger partial charge >= 0.3 is 0 Å². The van der Waals surface area contributed by atoms with Crippen molar-refractivity contribution in [2.45, 2.75) is 0 Å². The first-order valence-corrected chi connectivity index (χ1v) is 5.11. The number of hydrogen-bond donors (Lipinski definition) is 0. The van der Waals surface area contributed by atoms with Gasteiger partial charge in [0.1, 0.15) is 0 Å². The van der Waals surface area contributed by atoms with Gasteiger partial charge in [-0.15, -0.1) is 11.3 Å². The standard InChI is InChI=1S/C8H3F2IS/c9-5-2-1-4-3-6(11)12-8(4)7(5)10/h1-3H. The predicted molar refractivity (Wildman–Crippen MR) is 54.5 cm³/mol. The highest BCUT2D eigenvalue weighted by Crippen LogP contribution is 2.29. The molecule has 0 aliphatic rings. The van der Waals surface area contributed by atoms with Crippen molar-refractivity contribution in [2.24, 2.45) is 0 Å². The molecule has 0 radical (unpaired) electrons. The third kappa shape index (κ3) is 1.22. The lowest BCUT2D eigenvalue weighted by atomic mass is 10.2. The fraction of sp³-hybridized carbons (Fsp3) is 0. The van der Waals surface area contributed by atoms with E-state index >= 15 is 0 Å². The molecule has 2 rings (SSSR count). The van der Waals surface area contributed by atoms with Crippen molar-refractivity contribution in [2.75, 3.05) is 0 Å². The minimum atomic E-state index is -0.777. The third-order valence-corrected chi connectivity index (χ3v) is 3.45. The van der Waals surface area contributed by atoms with E-state index in [4.69, 9.17) is 0 Å². The Morgan fingerprint density at radius 1 is 1.25 bits per heavy atom. The summed E-state index contributed by atoms with van der Waals surface area (Å²) in [6.07, 6.45) is 0. The molecular weight excluding hydrogens is 293 g/mol. The minimum Gasteiger partial charge on any atom is -0.204 e. The van der Waals surface area contributed by atoms with E-state index in [2.05, 4.69) is 22.6 Å². The average molecular weight is 296 g/mol. The second kappa shape index (κ2) is 2.92. The summed E-state index contributed by atoms with van der Waals surface area (Å²) in [4.78, 5) is 0. The highest BCUT2D eigenvalue weighted by molar-refractivity contribution is 14.1. The van der Waals surface area contributed by atoms with Crippen molar-refractivity contribution in [3.05, 3.63) is 32.7 Å². The fourth-order valence-electron chi connectivity index (χ4n) is 1.01. The zero-order valence-electron chi connectivity index (χ0n) is 5.77. The van der Waals surface area contributed by atoms with Crippen LogP contribution in [0.15, 0.2) is 18.2 Å². The van der Waals surface area contributed by atoms with Gasteiger partial charge in [0, 0.05) is 0 Å². The molecule has 0 spiro atoms. The van der Waals surface area contributed by atoms with Crippen LogP contribution in [0, 0.1) is 14.5 Å². The van der Waals surface area contributed by atoms with Crippen molar-refractivity contribution in [3.8, 4) is 0 Å². The van der Waals surface area contributed by atoms with E-state index in [0.29, 0.717) is 4.70 Å². The van der Waals surface area contributed by atoms with Gasteiger partial charge in [-0.3, -0.25) is 0 Å². The van der Waals surface area contributed by atoms with Crippen LogP contribution in [0.4, 0.5) is 8.78 Å². The van der Waals surface area contributed by atoms with E-state index in [1.165, 1.54) is 11.3 Å². The largest absolute Gasteiger partial charge is 0.204 e. The van der Waals surface area contributed by atoms with Crippen molar-refractivity contribution in [3.63, 3.8) is 0 Å². The first-order chi connectivity index (χ1) is 5.68. The quantitative estimate of drug-likeness (QED) is 0.649. The normalized spacial score (nSPS) is 10.9. The van der Waals surface area contributed by atoms with Gasteiger partial charge in [-0.1, -0.05) is 6.07 Å². The maximum absolute atomic E-state index is 13.0. The molecule has 0 bridgehead atoms. The Kier molecular flexibility index (Phi) is 2.04. The number of thiophene rings is 1. The summed E-state index contributed by atoms with van der Waals surface area (Å²) in [6, 6.07) is 4.58. The molecule has 0 aliphatic carbocycles. The lowest BCUT2D eigenvalue weighted by molar-refractivity contribution is 0.518. The number of rotatable bonds is 0. The Morgan fingerprint density at radius 3 is 2.75 bits per heavy atom. The van der Waals surface area contributed by atoms with Gasteiger partial charge in [-0.25, -0.2) is 8.78 Å². The molecule has 0 N–H and O–H groups in total. The van der Waals surface area contributed by atoms with Crippen LogP contribution in [0.5, 0.6) is 0 Å². The zero-order chi connectivity index (χ0) is 8.72. The minimum absolute atomic E-state index is 0.402. The molecule has 0 fully saturated rings. The summed E-state index contributed by atoms with van der Waals surface area (Å²) in [5.74, 6) is -1.51. The van der Waals surface area contributed by atoms with Gasteiger partial charge in [0.25, 0.3) is 0 Å². The van der Waals surface area contributed by atoms with Gasteiger partial charge in [0.2, 0.25) is 0 Å². The molecule has 0 unspecified atom stereocenters. The van der Waals surface area contributed by atoms with Crippen molar-refractivity contribution in [1.29, 1.82) is 0 Å². The van der Waals surface area contributed by atoms with Crippen LogP contribution in [0.25, 0.3) is 10.1 Å². The monoisotopic (exact) mass is 296 g/mol. The third-order valence-electron chi connectivity index (χ3n) is 1.55. The maximum atomic E-state index is 13.0. The molecule has 1 aromatic heterocycles. The van der Waals surface area contributed by atoms with Gasteiger partial charge in [0.05, 0.1) is 7.58 Å². The van der Waals surface area contributed by atoms with Crippen LogP contribution in [0.2, 0.25) is 0 Å². The number of benzene rings is 1. The molecule has 1 aromatic carbocycles. The molecule has 62 valence electrons. The molecule has 0 aliphatic heterocycles. The van der Waals surface area contributed by atoms with E-state index in [-0.39, 0.29) is 0 Å². The lowest BCUT2D eigenvalue weighted by Crippen LogP contribution is -1.80. The van der Waals surface area contributed by atoms with Crippen LogP contribution in [0.3, 0.4) is 0 Å². The van der Waals surface area contributed by atoms with Crippen molar-refractivity contribution < 1.29 is 8.78 Å². The van der Waals surface area contributed by atoms with Crippen LogP contribution >= 0.6 is 33.9 Å². The first kappa shape index (κ1) is 8.37. The van der Waals surface area contributed by atoms with Gasteiger partial charge in [-0.2, -0.15) is 0 Å². The van der Waals surface area contributed by atoms with Gasteiger partial charge in [-0.05, 0) is 40.1 Å². The average Bonchev–Trinajstić information content (AvgIpc) is 2.39. The van der Waals surface area contributed by atoms with E-state index < -0.39 is 11.6 Å². The molecule has 1 heterocycles. The number of hydrogen-bond acceptors (Lipinski definition) is 1. The van der Waals surface area contributed by atoms with Crippen LogP contribution in [0.1, 0.15) is 0 Å². The predicted octanol–water partition coefficient (Wildman–Crippen LogP) is 3.78. The van der Waals surface area contributed by atoms with E-state index in [1.807, 2.05) is 6.07 Å². The van der Waals surface area contributed by atoms with Crippen LogP contribution < -0.4 is 0 Å². The number of halogens is 3. The highest BCUT2D eigenvalue weighted by atomic mass is 127. The second-order valence-electron chi connectivity index (χ2n) is 2.33. The second-order valence-corrected chi connectivity index (χ2v) is 5.28. The summed E-state index contributed by atoms with van der Waals surface area (Å²) in [5, 5.41) is 0.767. The van der Waals surface area contributed by atoms with Gasteiger partial charge in [0.15, 0.2) is 11.6 Å². The van der Waals surface area contributed by atoms with E-state index in [0.717, 1.165) is 14.3 Å². The summed E-state index contributed by atoms with van der Waals surface area (Å²) < 4.78 is 27.1. The van der Waals surface area contributed by atoms with E-state index in [1.54, 1.807) is 6.07 Å². The van der Waals surface area contributed by atoms with E-state index in [9.17, 15) is 8.78 Å². The van der Waals surface area contributed by atoms with Crippen molar-refractivity contribution in [1.82, 2.24) is 0 Å². The topological polar surface area (TPSA) is 0 Å².